The molecule has 1 unspecified atom stereocenters. The normalized spacial score (nSPS) is 17.0. The van der Waals surface area contributed by atoms with Crippen molar-refractivity contribution in [3.8, 4) is 11.3 Å². The molecule has 1 fully saturated rings. The number of anilines is 1. The number of hydrogen-bond acceptors (Lipinski definition) is 5. The van der Waals surface area contributed by atoms with Crippen molar-refractivity contribution in [3.63, 3.8) is 0 Å². The van der Waals surface area contributed by atoms with Crippen LogP contribution in [-0.4, -0.2) is 41.4 Å². The molecule has 0 radical (unpaired) electrons. The second-order valence-electron chi connectivity index (χ2n) is 8.75. The highest BCUT2D eigenvalue weighted by molar-refractivity contribution is 5.90. The predicted octanol–water partition coefficient (Wildman–Crippen LogP) is 3.74. The number of amides is 2. The highest BCUT2D eigenvalue weighted by atomic mass is 16.6. The summed E-state index contributed by atoms with van der Waals surface area (Å²) in [5, 5.41) is 10.5. The molecule has 8 nitrogen and oxygen atoms in total. The van der Waals surface area contributed by atoms with Crippen molar-refractivity contribution in [1.29, 1.82) is 0 Å². The summed E-state index contributed by atoms with van der Waals surface area (Å²) in [5.74, 6) is -0.139. The van der Waals surface area contributed by atoms with Gasteiger partial charge in [0.1, 0.15) is 6.10 Å². The zero-order valence-electron chi connectivity index (χ0n) is 19.2. The Balaban J connectivity index is 1.30. The smallest absolute Gasteiger partial charge is 0.414 e. The maximum absolute atomic E-state index is 12.4. The number of benzene rings is 2. The Morgan fingerprint density at radius 2 is 2.06 bits per heavy atom. The lowest BCUT2D eigenvalue weighted by Crippen LogP contribution is -2.33. The second kappa shape index (κ2) is 9.69. The van der Waals surface area contributed by atoms with E-state index in [1.807, 2.05) is 24.3 Å². The van der Waals surface area contributed by atoms with Crippen molar-refractivity contribution in [2.24, 2.45) is 0 Å². The summed E-state index contributed by atoms with van der Waals surface area (Å²) in [6.07, 6.45) is 2.08. The summed E-state index contributed by atoms with van der Waals surface area (Å²) in [4.78, 5) is 25.2. The standard InChI is InChI=1S/C26H28N4O4/c1-17(31)27-13-21-14-30(26(32)34-21)20-10-11-22-19(12-20)8-5-9-23-24(28-29-25(22)23)16-33-15-18-6-3-2-4-7-18/h2-4,6-7,10-12,21H,5,8-9,13-16H2,1H3,(H,27,31)(H,28,29). The van der Waals surface area contributed by atoms with Gasteiger partial charge in [-0.25, -0.2) is 4.79 Å². The van der Waals surface area contributed by atoms with E-state index in [-0.39, 0.29) is 18.1 Å². The molecular formula is C26H28N4O4. The van der Waals surface area contributed by atoms with Gasteiger partial charge in [-0.1, -0.05) is 36.4 Å². The molecule has 5 rings (SSSR count). The van der Waals surface area contributed by atoms with Crippen LogP contribution in [0.25, 0.3) is 11.3 Å². The zero-order valence-corrected chi connectivity index (χ0v) is 19.2. The molecule has 2 amide bonds. The van der Waals surface area contributed by atoms with Crippen LogP contribution in [0.15, 0.2) is 48.5 Å². The molecule has 1 aliphatic carbocycles. The van der Waals surface area contributed by atoms with Crippen molar-refractivity contribution < 1.29 is 19.1 Å². The minimum absolute atomic E-state index is 0.139. The van der Waals surface area contributed by atoms with Gasteiger partial charge in [0, 0.05) is 23.7 Å². The fourth-order valence-corrected chi connectivity index (χ4v) is 4.60. The molecule has 176 valence electrons. The number of aromatic nitrogens is 2. The summed E-state index contributed by atoms with van der Waals surface area (Å²) in [7, 11) is 0. The SMILES string of the molecule is CC(=O)NCC1CN(c2ccc3c(c2)CCCc2c(COCc4ccccc4)n[nH]c2-3)C(=O)O1. The van der Waals surface area contributed by atoms with Crippen molar-refractivity contribution in [3.05, 3.63) is 70.9 Å². The van der Waals surface area contributed by atoms with E-state index in [9.17, 15) is 9.59 Å². The number of rotatable bonds is 7. The number of H-pyrrole nitrogens is 1. The lowest BCUT2D eigenvalue weighted by molar-refractivity contribution is -0.119. The van der Waals surface area contributed by atoms with Gasteiger partial charge >= 0.3 is 6.09 Å². The number of nitrogens with zero attached hydrogens (tertiary/aromatic N) is 2. The summed E-state index contributed by atoms with van der Waals surface area (Å²) in [6.45, 7) is 3.19. The molecule has 3 aromatic rings. The van der Waals surface area contributed by atoms with E-state index < -0.39 is 0 Å². The number of carbonyl (C=O) groups is 2. The lowest BCUT2D eigenvalue weighted by Gasteiger charge is -2.16. The molecule has 2 aromatic carbocycles. The topological polar surface area (TPSA) is 96.5 Å². The highest BCUT2D eigenvalue weighted by Gasteiger charge is 2.33. The van der Waals surface area contributed by atoms with Crippen LogP contribution in [0.5, 0.6) is 0 Å². The van der Waals surface area contributed by atoms with E-state index in [4.69, 9.17) is 9.47 Å². The summed E-state index contributed by atoms with van der Waals surface area (Å²) in [5.41, 5.74) is 7.42. The third-order valence-electron chi connectivity index (χ3n) is 6.30. The quantitative estimate of drug-likeness (QED) is 0.560. The summed E-state index contributed by atoms with van der Waals surface area (Å²) < 4.78 is 11.4. The van der Waals surface area contributed by atoms with Gasteiger partial charge in [-0.2, -0.15) is 5.10 Å². The van der Waals surface area contributed by atoms with Crippen LogP contribution in [0.2, 0.25) is 0 Å². The molecule has 0 saturated carbocycles. The predicted molar refractivity (Wildman–Crippen MR) is 127 cm³/mol. The molecule has 34 heavy (non-hydrogen) atoms. The molecule has 2 heterocycles. The van der Waals surface area contributed by atoms with Gasteiger partial charge < -0.3 is 14.8 Å². The number of fused-ring (bicyclic) bond motifs is 3. The van der Waals surface area contributed by atoms with Gasteiger partial charge in [-0.05, 0) is 42.5 Å². The first-order valence-corrected chi connectivity index (χ1v) is 11.6. The van der Waals surface area contributed by atoms with E-state index in [2.05, 4.69) is 39.8 Å². The first-order valence-electron chi connectivity index (χ1n) is 11.6. The first kappa shape index (κ1) is 22.2. The van der Waals surface area contributed by atoms with Crippen molar-refractivity contribution in [2.75, 3.05) is 18.0 Å². The Labute approximate surface area is 198 Å². The van der Waals surface area contributed by atoms with Crippen LogP contribution in [0.4, 0.5) is 10.5 Å². The average Bonchev–Trinajstić information content (AvgIpc) is 3.36. The van der Waals surface area contributed by atoms with Crippen molar-refractivity contribution in [1.82, 2.24) is 15.5 Å². The fourth-order valence-electron chi connectivity index (χ4n) is 4.60. The van der Waals surface area contributed by atoms with Gasteiger partial charge in [0.25, 0.3) is 0 Å². The maximum Gasteiger partial charge on any atom is 0.414 e. The molecule has 1 atom stereocenters. The Morgan fingerprint density at radius 1 is 1.21 bits per heavy atom. The number of hydrogen-bond donors (Lipinski definition) is 2. The van der Waals surface area contributed by atoms with E-state index in [1.165, 1.54) is 18.1 Å². The van der Waals surface area contributed by atoms with E-state index in [1.54, 1.807) is 4.90 Å². The Kier molecular flexibility index (Phi) is 6.31. The third kappa shape index (κ3) is 4.68. The molecule has 8 heteroatoms. The van der Waals surface area contributed by atoms with Gasteiger partial charge in [-0.3, -0.25) is 14.8 Å². The number of aromatic amines is 1. The zero-order chi connectivity index (χ0) is 23.5. The van der Waals surface area contributed by atoms with Gasteiger partial charge in [0.2, 0.25) is 5.91 Å². The van der Waals surface area contributed by atoms with Crippen LogP contribution in [-0.2, 0) is 40.3 Å². The fraction of sp³-hybridized carbons (Fsp3) is 0.346. The number of carbonyl (C=O) groups excluding carboxylic acids is 2. The number of cyclic esters (lactones) is 1. The minimum Gasteiger partial charge on any atom is -0.442 e. The van der Waals surface area contributed by atoms with Gasteiger partial charge in [0.15, 0.2) is 0 Å². The average molecular weight is 461 g/mol. The Morgan fingerprint density at radius 3 is 2.88 bits per heavy atom. The van der Waals surface area contributed by atoms with E-state index in [0.717, 1.165) is 47.5 Å². The first-order chi connectivity index (χ1) is 16.6. The van der Waals surface area contributed by atoms with Crippen LogP contribution < -0.4 is 10.2 Å². The molecule has 1 aromatic heterocycles. The number of nitrogens with one attached hydrogen (secondary N) is 2. The maximum atomic E-state index is 12.4. The second-order valence-corrected chi connectivity index (χ2v) is 8.75. The van der Waals surface area contributed by atoms with Crippen LogP contribution in [0.3, 0.4) is 0 Å². The van der Waals surface area contributed by atoms with Crippen molar-refractivity contribution in [2.45, 2.75) is 45.5 Å². The van der Waals surface area contributed by atoms with Crippen LogP contribution in [0.1, 0.15) is 35.7 Å². The molecular weight excluding hydrogens is 432 g/mol. The minimum atomic E-state index is -0.385. The highest BCUT2D eigenvalue weighted by Crippen LogP contribution is 2.35. The largest absolute Gasteiger partial charge is 0.442 e. The molecule has 1 saturated heterocycles. The van der Waals surface area contributed by atoms with Crippen LogP contribution in [0, 0.1) is 0 Å². The molecule has 1 aliphatic heterocycles. The molecule has 0 bridgehead atoms. The lowest BCUT2D eigenvalue weighted by atomic mass is 10.0. The third-order valence-corrected chi connectivity index (χ3v) is 6.30. The number of aryl methyl sites for hydroxylation is 1. The molecule has 0 spiro atoms. The molecule has 2 N–H and O–H groups in total. The molecule has 2 aliphatic rings. The van der Waals surface area contributed by atoms with Crippen molar-refractivity contribution >= 4 is 17.7 Å². The van der Waals surface area contributed by atoms with E-state index >= 15 is 0 Å². The van der Waals surface area contributed by atoms with Gasteiger partial charge in [0.05, 0.1) is 37.7 Å². The monoisotopic (exact) mass is 460 g/mol. The number of ether oxygens (including phenoxy) is 2. The Hall–Kier alpha value is -3.65. The van der Waals surface area contributed by atoms with Gasteiger partial charge in [-0.15, -0.1) is 0 Å². The summed E-state index contributed by atoms with van der Waals surface area (Å²) in [6, 6.07) is 16.2. The Bertz CT molecular complexity index is 1190. The van der Waals surface area contributed by atoms with Crippen LogP contribution >= 0.6 is 0 Å². The van der Waals surface area contributed by atoms with E-state index in [0.29, 0.717) is 26.3 Å². The summed E-state index contributed by atoms with van der Waals surface area (Å²) >= 11 is 0.